The maximum Gasteiger partial charge on any atom is 0.186 e. The van der Waals surface area contributed by atoms with Crippen molar-refractivity contribution in [1.29, 1.82) is 0 Å². The van der Waals surface area contributed by atoms with Crippen LogP contribution in [0.4, 0.5) is 19.0 Å². The minimum absolute atomic E-state index is 0.236. The molecule has 9 heteroatoms. The van der Waals surface area contributed by atoms with Gasteiger partial charge in [-0.2, -0.15) is 0 Å². The molecule has 0 radical (unpaired) electrons. The fourth-order valence-electron chi connectivity index (χ4n) is 3.21. The van der Waals surface area contributed by atoms with E-state index in [9.17, 15) is 8.78 Å². The molecule has 0 aliphatic carbocycles. The first-order valence-corrected chi connectivity index (χ1v) is 10.4. The fraction of sp³-hybridized carbons (Fsp3) is 0.222. The third-order valence-electron chi connectivity index (χ3n) is 4.58. The normalized spacial score (nSPS) is 15.2. The Morgan fingerprint density at radius 1 is 0.852 bits per heavy atom. The van der Waals surface area contributed by atoms with Gasteiger partial charge in [0, 0.05) is 32.2 Å². The highest BCUT2D eigenvalue weighted by Crippen LogP contribution is 2.35. The number of anilines is 2. The summed E-state index contributed by atoms with van der Waals surface area (Å²) in [6.07, 6.45) is 0. The van der Waals surface area contributed by atoms with Gasteiger partial charge in [0.05, 0.1) is 14.4 Å². The molecule has 0 spiro atoms. The van der Waals surface area contributed by atoms with E-state index in [1.54, 1.807) is 11.3 Å². The van der Waals surface area contributed by atoms with E-state index < -0.39 is 11.6 Å². The average molecular weight is 423 g/mol. The topological polar surface area (TPSA) is 32.3 Å². The van der Waals surface area contributed by atoms with Crippen LogP contribution in [-0.4, -0.2) is 36.1 Å². The third-order valence-corrected chi connectivity index (χ3v) is 7.03. The molecule has 3 heterocycles. The molecule has 4 aromatic rings. The molecule has 2 aromatic carbocycles. The fourth-order valence-corrected chi connectivity index (χ4v) is 5.58. The van der Waals surface area contributed by atoms with Crippen LogP contribution in [-0.2, 0) is 0 Å². The van der Waals surface area contributed by atoms with Crippen molar-refractivity contribution in [1.82, 2.24) is 9.97 Å². The van der Waals surface area contributed by atoms with Crippen LogP contribution in [0, 0.1) is 11.6 Å². The maximum absolute atomic E-state index is 13.9. The molecule has 0 bridgehead atoms. The van der Waals surface area contributed by atoms with E-state index >= 15 is 0 Å². The van der Waals surface area contributed by atoms with Crippen molar-refractivity contribution < 1.29 is 8.78 Å². The highest BCUT2D eigenvalue weighted by molar-refractivity contribution is 7.22. The molecule has 0 N–H and O–H groups in total. The van der Waals surface area contributed by atoms with Gasteiger partial charge in [0.2, 0.25) is 0 Å². The molecule has 0 unspecified atom stereocenters. The zero-order valence-corrected chi connectivity index (χ0v) is 16.3. The Morgan fingerprint density at radius 2 is 1.48 bits per heavy atom. The number of thiazole rings is 2. The molecular weight excluding hydrogens is 410 g/mol. The Morgan fingerprint density at radius 3 is 2.15 bits per heavy atom. The Hall–Kier alpha value is -2.03. The van der Waals surface area contributed by atoms with Crippen molar-refractivity contribution >= 4 is 65.0 Å². The van der Waals surface area contributed by atoms with Crippen LogP contribution >= 0.6 is 34.3 Å². The van der Waals surface area contributed by atoms with Crippen molar-refractivity contribution in [3.05, 3.63) is 47.0 Å². The summed E-state index contributed by atoms with van der Waals surface area (Å²) < 4.78 is 28.9. The standard InChI is InChI=1S/C18H13ClF2N4S2/c19-11-2-1-3-13-15(11)22-17(26-13)24-4-6-25(7-5-24)18-23-16-12(21)8-10(20)9-14(16)27-18/h1-3,8-9H,4-7H2. The molecule has 27 heavy (non-hydrogen) atoms. The second kappa shape index (κ2) is 6.54. The number of halogens is 3. The predicted octanol–water partition coefficient (Wildman–Crippen LogP) is 5.16. The highest BCUT2D eigenvalue weighted by atomic mass is 35.5. The van der Waals surface area contributed by atoms with E-state index in [4.69, 9.17) is 11.6 Å². The second-order valence-corrected chi connectivity index (χ2v) is 8.71. The Bertz CT molecular complexity index is 1150. The summed E-state index contributed by atoms with van der Waals surface area (Å²) in [5.41, 5.74) is 1.07. The van der Waals surface area contributed by atoms with Crippen LogP contribution in [0.3, 0.4) is 0 Å². The van der Waals surface area contributed by atoms with Crippen molar-refractivity contribution in [2.24, 2.45) is 0 Å². The summed E-state index contributed by atoms with van der Waals surface area (Å²) in [7, 11) is 0. The minimum Gasteiger partial charge on any atom is -0.345 e. The van der Waals surface area contributed by atoms with Gasteiger partial charge < -0.3 is 9.80 Å². The van der Waals surface area contributed by atoms with Gasteiger partial charge in [-0.15, -0.1) is 0 Å². The highest BCUT2D eigenvalue weighted by Gasteiger charge is 2.23. The largest absolute Gasteiger partial charge is 0.345 e. The molecule has 138 valence electrons. The number of nitrogens with zero attached hydrogens (tertiary/aromatic N) is 4. The Balaban J connectivity index is 1.36. The summed E-state index contributed by atoms with van der Waals surface area (Å²) in [5.74, 6) is -1.19. The molecule has 0 atom stereocenters. The summed E-state index contributed by atoms with van der Waals surface area (Å²) in [6.45, 7) is 3.05. The molecule has 1 saturated heterocycles. The van der Waals surface area contributed by atoms with Crippen LogP contribution in [0.1, 0.15) is 0 Å². The van der Waals surface area contributed by atoms with E-state index in [-0.39, 0.29) is 5.52 Å². The van der Waals surface area contributed by atoms with Gasteiger partial charge in [-0.3, -0.25) is 0 Å². The van der Waals surface area contributed by atoms with Crippen LogP contribution in [0.15, 0.2) is 30.3 Å². The van der Waals surface area contributed by atoms with E-state index in [0.717, 1.165) is 52.7 Å². The molecule has 0 amide bonds. The monoisotopic (exact) mass is 422 g/mol. The minimum atomic E-state index is -0.613. The number of benzene rings is 2. The number of fused-ring (bicyclic) bond motifs is 2. The lowest BCUT2D eigenvalue weighted by Crippen LogP contribution is -2.46. The maximum atomic E-state index is 13.9. The lowest BCUT2D eigenvalue weighted by atomic mass is 10.3. The van der Waals surface area contributed by atoms with Crippen LogP contribution < -0.4 is 9.80 Å². The van der Waals surface area contributed by atoms with Crippen molar-refractivity contribution in [3.63, 3.8) is 0 Å². The lowest BCUT2D eigenvalue weighted by molar-refractivity contribution is 0.591. The molecule has 2 aromatic heterocycles. The number of aromatic nitrogens is 2. The molecule has 1 aliphatic rings. The zero-order valence-electron chi connectivity index (χ0n) is 14.0. The van der Waals surface area contributed by atoms with Crippen molar-refractivity contribution in [2.45, 2.75) is 0 Å². The predicted molar refractivity (Wildman–Crippen MR) is 109 cm³/mol. The first-order valence-electron chi connectivity index (χ1n) is 8.39. The van der Waals surface area contributed by atoms with Gasteiger partial charge in [-0.25, -0.2) is 18.7 Å². The Labute approximate surface area is 166 Å². The first kappa shape index (κ1) is 17.1. The molecular formula is C18H13ClF2N4S2. The molecule has 4 nitrogen and oxygen atoms in total. The number of hydrogen-bond acceptors (Lipinski definition) is 6. The van der Waals surface area contributed by atoms with Gasteiger partial charge in [-0.05, 0) is 18.2 Å². The van der Waals surface area contributed by atoms with Gasteiger partial charge >= 0.3 is 0 Å². The van der Waals surface area contributed by atoms with Crippen LogP contribution in [0.5, 0.6) is 0 Å². The SMILES string of the molecule is Fc1cc(F)c2nc(N3CCN(c4nc5c(Cl)cccc5s4)CC3)sc2c1. The van der Waals surface area contributed by atoms with Gasteiger partial charge in [-0.1, -0.05) is 40.3 Å². The van der Waals surface area contributed by atoms with Crippen molar-refractivity contribution in [2.75, 3.05) is 36.0 Å². The van der Waals surface area contributed by atoms with Gasteiger partial charge in [0.15, 0.2) is 16.1 Å². The summed E-state index contributed by atoms with van der Waals surface area (Å²) >= 11 is 9.18. The lowest BCUT2D eigenvalue weighted by Gasteiger charge is -2.34. The number of hydrogen-bond donors (Lipinski definition) is 0. The van der Waals surface area contributed by atoms with Crippen LogP contribution in [0.2, 0.25) is 5.02 Å². The summed E-state index contributed by atoms with van der Waals surface area (Å²) in [4.78, 5) is 13.4. The molecule has 5 rings (SSSR count). The number of rotatable bonds is 2. The summed E-state index contributed by atoms with van der Waals surface area (Å²) in [5, 5.41) is 2.34. The van der Waals surface area contributed by atoms with Gasteiger partial charge in [0.25, 0.3) is 0 Å². The van der Waals surface area contributed by atoms with E-state index in [0.29, 0.717) is 9.72 Å². The third kappa shape index (κ3) is 3.01. The molecule has 1 aliphatic heterocycles. The second-order valence-electron chi connectivity index (χ2n) is 6.29. The van der Waals surface area contributed by atoms with E-state index in [1.165, 1.54) is 17.4 Å². The smallest absolute Gasteiger partial charge is 0.186 e. The van der Waals surface area contributed by atoms with E-state index in [2.05, 4.69) is 19.8 Å². The number of piperazine rings is 1. The zero-order chi connectivity index (χ0) is 18.5. The van der Waals surface area contributed by atoms with Crippen molar-refractivity contribution in [3.8, 4) is 0 Å². The first-order chi connectivity index (χ1) is 13.1. The molecule has 0 saturated carbocycles. The van der Waals surface area contributed by atoms with Crippen LogP contribution in [0.25, 0.3) is 20.4 Å². The summed E-state index contributed by atoms with van der Waals surface area (Å²) in [6, 6.07) is 8.01. The van der Waals surface area contributed by atoms with E-state index in [1.807, 2.05) is 18.2 Å². The molecule has 1 fully saturated rings. The number of para-hydroxylation sites is 1. The average Bonchev–Trinajstić information content (AvgIpc) is 3.27. The quantitative estimate of drug-likeness (QED) is 0.446. The van der Waals surface area contributed by atoms with Gasteiger partial charge in [0.1, 0.15) is 16.9 Å². The Kier molecular flexibility index (Phi) is 4.14.